The highest BCUT2D eigenvalue weighted by Crippen LogP contribution is 2.25. The number of Topliss-reactive ketones (excluding diaryl/α,β-unsaturated/α-hetero) is 1. The molecule has 1 atom stereocenters. The van der Waals surface area contributed by atoms with Gasteiger partial charge >= 0.3 is 5.97 Å². The molecule has 1 aliphatic carbocycles. The molecule has 0 fully saturated rings. The van der Waals surface area contributed by atoms with Gasteiger partial charge in [-0.05, 0) is 18.4 Å². The van der Waals surface area contributed by atoms with E-state index in [1.807, 2.05) is 13.0 Å². The second-order valence-electron chi connectivity index (χ2n) is 3.16. The number of ketones is 1. The summed E-state index contributed by atoms with van der Waals surface area (Å²) in [4.78, 5) is 22.6. The first-order chi connectivity index (χ1) is 6.20. The lowest BCUT2D eigenvalue weighted by Crippen LogP contribution is -2.22. The molecule has 0 radical (unpaired) electrons. The summed E-state index contributed by atoms with van der Waals surface area (Å²) in [6, 6.07) is 0. The van der Waals surface area contributed by atoms with Crippen LogP contribution in [0.3, 0.4) is 0 Å². The number of carbonyl (C=O) groups excluding carboxylic acids is 2. The molecular weight excluding hydrogens is 168 g/mol. The van der Waals surface area contributed by atoms with Crippen LogP contribution in [0.5, 0.6) is 0 Å². The van der Waals surface area contributed by atoms with E-state index in [2.05, 4.69) is 4.74 Å². The van der Waals surface area contributed by atoms with E-state index in [1.165, 1.54) is 7.11 Å². The van der Waals surface area contributed by atoms with Gasteiger partial charge in [0.15, 0.2) is 5.78 Å². The summed E-state index contributed by atoms with van der Waals surface area (Å²) in [6.45, 7) is 2.01. The molecule has 0 spiro atoms. The molecule has 3 heteroatoms. The van der Waals surface area contributed by atoms with Gasteiger partial charge in [-0.2, -0.15) is 0 Å². The van der Waals surface area contributed by atoms with Crippen molar-refractivity contribution in [2.24, 2.45) is 5.92 Å². The Labute approximate surface area is 77.8 Å². The number of hydrogen-bond donors (Lipinski definition) is 0. The van der Waals surface area contributed by atoms with Crippen LogP contribution in [0.2, 0.25) is 0 Å². The summed E-state index contributed by atoms with van der Waals surface area (Å²) in [7, 11) is 1.31. The van der Waals surface area contributed by atoms with E-state index >= 15 is 0 Å². The van der Waals surface area contributed by atoms with Crippen LogP contribution in [-0.2, 0) is 14.3 Å². The minimum Gasteiger partial charge on any atom is -0.468 e. The Morgan fingerprint density at radius 2 is 2.38 bits per heavy atom. The van der Waals surface area contributed by atoms with Crippen LogP contribution in [0.1, 0.15) is 26.2 Å². The van der Waals surface area contributed by atoms with Crippen molar-refractivity contribution in [1.82, 2.24) is 0 Å². The second kappa shape index (κ2) is 4.21. The Bertz CT molecular complexity index is 253. The lowest BCUT2D eigenvalue weighted by Gasteiger charge is -2.05. The third-order valence-electron chi connectivity index (χ3n) is 2.24. The average molecular weight is 182 g/mol. The van der Waals surface area contributed by atoms with Crippen LogP contribution in [-0.4, -0.2) is 18.9 Å². The highest BCUT2D eigenvalue weighted by atomic mass is 16.5. The van der Waals surface area contributed by atoms with E-state index in [0.717, 1.165) is 18.4 Å². The predicted octanol–water partition coefficient (Wildman–Crippen LogP) is 1.47. The first-order valence-corrected chi connectivity index (χ1v) is 4.51. The zero-order valence-electron chi connectivity index (χ0n) is 8.00. The standard InChI is InChI=1S/C10H14O3/c1-3-4-7-5-6-8(9(7)11)10(12)13-2/h5,8H,3-4,6H2,1-2H3. The highest BCUT2D eigenvalue weighted by molar-refractivity contribution is 6.10. The molecule has 0 aromatic carbocycles. The summed E-state index contributed by atoms with van der Waals surface area (Å²) < 4.78 is 4.54. The van der Waals surface area contributed by atoms with Gasteiger partial charge in [0, 0.05) is 0 Å². The van der Waals surface area contributed by atoms with Crippen molar-refractivity contribution in [3.63, 3.8) is 0 Å². The number of methoxy groups -OCH3 is 1. The van der Waals surface area contributed by atoms with Gasteiger partial charge in [-0.3, -0.25) is 9.59 Å². The predicted molar refractivity (Wildman–Crippen MR) is 48.1 cm³/mol. The van der Waals surface area contributed by atoms with E-state index < -0.39 is 11.9 Å². The molecule has 0 saturated carbocycles. The number of allylic oxidation sites excluding steroid dienone is 2. The van der Waals surface area contributed by atoms with Crippen LogP contribution in [0.15, 0.2) is 11.6 Å². The molecule has 0 aromatic heterocycles. The van der Waals surface area contributed by atoms with Gasteiger partial charge in [0.05, 0.1) is 7.11 Å². The Balaban J connectivity index is 2.61. The number of esters is 1. The van der Waals surface area contributed by atoms with Gasteiger partial charge in [0.2, 0.25) is 0 Å². The summed E-state index contributed by atoms with van der Waals surface area (Å²) >= 11 is 0. The van der Waals surface area contributed by atoms with Gasteiger partial charge < -0.3 is 4.74 Å². The minimum atomic E-state index is -0.563. The van der Waals surface area contributed by atoms with Crippen LogP contribution >= 0.6 is 0 Å². The fourth-order valence-electron chi connectivity index (χ4n) is 1.53. The lowest BCUT2D eigenvalue weighted by atomic mass is 10.0. The molecule has 0 aromatic rings. The van der Waals surface area contributed by atoms with E-state index in [4.69, 9.17) is 0 Å². The van der Waals surface area contributed by atoms with Crippen molar-refractivity contribution in [3.8, 4) is 0 Å². The third kappa shape index (κ3) is 1.97. The number of rotatable bonds is 3. The maximum absolute atomic E-state index is 11.5. The zero-order valence-corrected chi connectivity index (χ0v) is 8.00. The molecule has 72 valence electrons. The van der Waals surface area contributed by atoms with Crippen molar-refractivity contribution in [2.75, 3.05) is 7.11 Å². The average Bonchev–Trinajstić information content (AvgIpc) is 2.48. The lowest BCUT2D eigenvalue weighted by molar-refractivity contribution is -0.147. The van der Waals surface area contributed by atoms with Crippen molar-refractivity contribution < 1.29 is 14.3 Å². The monoisotopic (exact) mass is 182 g/mol. The summed E-state index contributed by atoms with van der Waals surface area (Å²) in [5.74, 6) is -1.02. The molecule has 1 unspecified atom stereocenters. The highest BCUT2D eigenvalue weighted by Gasteiger charge is 2.32. The number of ether oxygens (including phenoxy) is 1. The fraction of sp³-hybridized carbons (Fsp3) is 0.600. The van der Waals surface area contributed by atoms with Crippen LogP contribution in [0, 0.1) is 5.92 Å². The maximum Gasteiger partial charge on any atom is 0.316 e. The van der Waals surface area contributed by atoms with Gasteiger partial charge in [0.1, 0.15) is 5.92 Å². The van der Waals surface area contributed by atoms with Crippen molar-refractivity contribution in [3.05, 3.63) is 11.6 Å². The maximum atomic E-state index is 11.5. The molecule has 0 amide bonds. The molecule has 0 saturated heterocycles. The topological polar surface area (TPSA) is 43.4 Å². The van der Waals surface area contributed by atoms with Crippen LogP contribution in [0.25, 0.3) is 0 Å². The smallest absolute Gasteiger partial charge is 0.316 e. The Morgan fingerprint density at radius 3 is 2.92 bits per heavy atom. The second-order valence-corrected chi connectivity index (χ2v) is 3.16. The Morgan fingerprint density at radius 1 is 1.69 bits per heavy atom. The summed E-state index contributed by atoms with van der Waals surface area (Å²) in [5.41, 5.74) is 0.790. The Hall–Kier alpha value is -1.12. The van der Waals surface area contributed by atoms with Crippen LogP contribution < -0.4 is 0 Å². The largest absolute Gasteiger partial charge is 0.468 e. The first-order valence-electron chi connectivity index (χ1n) is 4.51. The van der Waals surface area contributed by atoms with Gasteiger partial charge in [-0.15, -0.1) is 0 Å². The molecule has 0 heterocycles. The van der Waals surface area contributed by atoms with E-state index in [-0.39, 0.29) is 5.78 Å². The third-order valence-corrected chi connectivity index (χ3v) is 2.24. The van der Waals surface area contributed by atoms with E-state index in [0.29, 0.717) is 6.42 Å². The molecular formula is C10H14O3. The molecule has 3 nitrogen and oxygen atoms in total. The SMILES string of the molecule is CCCC1=CCC(C(=O)OC)C1=O. The first kappa shape index (κ1) is 9.96. The van der Waals surface area contributed by atoms with Crippen molar-refractivity contribution >= 4 is 11.8 Å². The normalized spacial score (nSPS) is 21.5. The molecule has 0 N–H and O–H groups in total. The number of hydrogen-bond acceptors (Lipinski definition) is 3. The van der Waals surface area contributed by atoms with Crippen LogP contribution in [0.4, 0.5) is 0 Å². The molecule has 13 heavy (non-hydrogen) atoms. The molecule has 1 rings (SSSR count). The molecule has 1 aliphatic rings. The molecule has 0 aliphatic heterocycles. The molecule has 0 bridgehead atoms. The minimum absolute atomic E-state index is 0.0475. The summed E-state index contributed by atoms with van der Waals surface area (Å²) in [6.07, 6.45) is 4.08. The van der Waals surface area contributed by atoms with E-state index in [9.17, 15) is 9.59 Å². The quantitative estimate of drug-likeness (QED) is 0.490. The summed E-state index contributed by atoms with van der Waals surface area (Å²) in [5, 5.41) is 0. The number of carbonyl (C=O) groups is 2. The van der Waals surface area contributed by atoms with Crippen molar-refractivity contribution in [1.29, 1.82) is 0 Å². The van der Waals surface area contributed by atoms with Gasteiger partial charge in [-0.25, -0.2) is 0 Å². The fourth-order valence-corrected chi connectivity index (χ4v) is 1.53. The van der Waals surface area contributed by atoms with Gasteiger partial charge in [-0.1, -0.05) is 19.4 Å². The Kier molecular flexibility index (Phi) is 3.23. The zero-order chi connectivity index (χ0) is 9.84. The van der Waals surface area contributed by atoms with Crippen molar-refractivity contribution in [2.45, 2.75) is 26.2 Å². The van der Waals surface area contributed by atoms with E-state index in [1.54, 1.807) is 0 Å². The van der Waals surface area contributed by atoms with Gasteiger partial charge in [0.25, 0.3) is 0 Å².